The Morgan fingerprint density at radius 3 is 1.17 bits per heavy atom. The molecule has 0 fully saturated rings. The van der Waals surface area contributed by atoms with Crippen molar-refractivity contribution in [3.05, 3.63) is 0 Å². The summed E-state index contributed by atoms with van der Waals surface area (Å²) in [6.07, 6.45) is 0. The van der Waals surface area contributed by atoms with E-state index in [0.717, 1.165) is 13.1 Å². The van der Waals surface area contributed by atoms with Gasteiger partial charge in [0.15, 0.2) is 13.1 Å². The zero-order valence-electron chi connectivity index (χ0n) is 15.6. The van der Waals surface area contributed by atoms with Gasteiger partial charge in [-0.25, -0.2) is 0 Å². The van der Waals surface area contributed by atoms with Crippen molar-refractivity contribution in [1.29, 1.82) is 0 Å². The van der Waals surface area contributed by atoms with Crippen LogP contribution in [0.15, 0.2) is 0 Å². The molecule has 0 aliphatic heterocycles. The molecule has 0 aliphatic rings. The Balaban J connectivity index is 0. The van der Waals surface area contributed by atoms with Crippen LogP contribution in [0, 0.1) is 0 Å². The molecule has 0 heterocycles. The Labute approximate surface area is 170 Å². The van der Waals surface area contributed by atoms with Gasteiger partial charge in [-0.15, -0.1) is 0 Å². The summed E-state index contributed by atoms with van der Waals surface area (Å²) < 4.78 is 1.27. The van der Waals surface area contributed by atoms with Crippen LogP contribution in [0.3, 0.4) is 0 Å². The number of hydrogen-bond acceptors (Lipinski definition) is 2. The van der Waals surface area contributed by atoms with Crippen LogP contribution < -0.4 is 0 Å². The Morgan fingerprint density at radius 2 is 1.00 bits per heavy atom. The molecule has 137 valence electrons. The Bertz CT molecular complexity index is 344. The Morgan fingerprint density at radius 1 is 0.783 bits per heavy atom. The first-order valence-electron chi connectivity index (χ1n) is 7.24. The summed E-state index contributed by atoms with van der Waals surface area (Å²) in [7, 11) is 15.9. The second-order valence-corrected chi connectivity index (χ2v) is 19.1. The third-order valence-corrected chi connectivity index (χ3v) is 3.43. The number of quaternary nitrogens is 2. The van der Waals surface area contributed by atoms with Crippen LogP contribution in [0.1, 0.15) is 0 Å². The topological polar surface area (TPSA) is 40.6 Å². The van der Waals surface area contributed by atoms with Crippen molar-refractivity contribution in [2.45, 2.75) is 0 Å². The van der Waals surface area contributed by atoms with Crippen molar-refractivity contribution in [1.82, 2.24) is 9.80 Å². The molecule has 23 heavy (non-hydrogen) atoms. The molecule has 2 amide bonds. The first-order valence-corrected chi connectivity index (χ1v) is 16.3. The van der Waals surface area contributed by atoms with Crippen molar-refractivity contribution in [3.8, 4) is 0 Å². The summed E-state index contributed by atoms with van der Waals surface area (Å²) >= 11 is 4.74. The van der Waals surface area contributed by atoms with Gasteiger partial charge in [0.05, 0.1) is 28.2 Å². The first kappa shape index (κ1) is 26.1. The summed E-state index contributed by atoms with van der Waals surface area (Å²) in [6.45, 7) is 2.67. The summed E-state index contributed by atoms with van der Waals surface area (Å²) in [6, 6.07) is 0. The number of likely N-dealkylation sites (N-methyl/N-ethyl adjacent to an activating group) is 4. The number of rotatable bonds is 7. The third-order valence-electron chi connectivity index (χ3n) is 3.43. The van der Waals surface area contributed by atoms with Crippen molar-refractivity contribution >= 4 is 51.8 Å². The van der Waals surface area contributed by atoms with Gasteiger partial charge in [-0.1, -0.05) is 0 Å². The molecule has 9 heteroatoms. The predicted octanol–water partition coefficient (Wildman–Crippen LogP) is 1.08. The molecule has 0 atom stereocenters. The number of halogens is 2. The number of hydrogen-bond donors (Lipinski definition) is 0. The van der Waals surface area contributed by atoms with E-state index in [9.17, 15) is 9.59 Å². The molecular formula is C14H32I2N4O2V+2. The first-order chi connectivity index (χ1) is 10.3. The van der Waals surface area contributed by atoms with E-state index in [1.54, 1.807) is 38.0 Å². The van der Waals surface area contributed by atoms with E-state index in [1.165, 1.54) is 0 Å². The fourth-order valence-electron chi connectivity index (χ4n) is 1.71. The molecule has 0 unspecified atom stereocenters. The minimum atomic E-state index is 0.129. The average Bonchev–Trinajstić information content (AvgIpc) is 2.36. The van der Waals surface area contributed by atoms with Crippen molar-refractivity contribution in [3.63, 3.8) is 0 Å². The van der Waals surface area contributed by atoms with Crippen LogP contribution in [0.25, 0.3) is 0 Å². The van der Waals surface area contributed by atoms with E-state index in [2.05, 4.69) is 68.1 Å². The molecule has 0 aliphatic carbocycles. The van der Waals surface area contributed by atoms with E-state index in [1.807, 2.05) is 0 Å². The maximum atomic E-state index is 11.8. The molecule has 0 spiro atoms. The summed E-state index contributed by atoms with van der Waals surface area (Å²) in [5.41, 5.74) is 0. The van der Waals surface area contributed by atoms with Crippen LogP contribution in [-0.2, 0) is 19.1 Å². The molecule has 0 saturated carbocycles. The van der Waals surface area contributed by atoms with Crippen molar-refractivity contribution in [2.75, 3.05) is 82.6 Å². The third kappa shape index (κ3) is 14.9. The molecular weight excluding hydrogens is 561 g/mol. The fraction of sp³-hybridized carbons (Fsp3) is 0.857. The van der Waals surface area contributed by atoms with E-state index in [-0.39, 0.29) is 11.8 Å². The predicted molar refractivity (Wildman–Crippen MR) is 109 cm³/mol. The van der Waals surface area contributed by atoms with Gasteiger partial charge in [0.25, 0.3) is 11.8 Å². The number of carbonyl (C=O) groups is 2. The van der Waals surface area contributed by atoms with E-state index < -0.39 is 0 Å². The maximum absolute atomic E-state index is 11.8. The van der Waals surface area contributed by atoms with E-state index >= 15 is 0 Å². The SMILES string of the molecule is CN(C)C(=O)C[N+](C)(C)CC[N+](C)(C)CC(=O)N(C)C.[I][V][I]. The van der Waals surface area contributed by atoms with Crippen LogP contribution in [0.4, 0.5) is 0 Å². The van der Waals surface area contributed by atoms with E-state index in [4.69, 9.17) is 0 Å². The Kier molecular flexibility index (Phi) is 14.0. The number of nitrogens with zero attached hydrogens (tertiary/aromatic N) is 4. The molecule has 0 aromatic carbocycles. The molecule has 0 N–H and O–H groups in total. The summed E-state index contributed by atoms with van der Waals surface area (Å²) in [4.78, 5) is 26.8. The van der Waals surface area contributed by atoms with Crippen LogP contribution in [0.5, 0.6) is 0 Å². The van der Waals surface area contributed by atoms with Crippen molar-refractivity contribution in [2.24, 2.45) is 0 Å². The Hall–Kier alpha value is 0.904. The van der Waals surface area contributed by atoms with Gasteiger partial charge in [0.1, 0.15) is 13.1 Å². The van der Waals surface area contributed by atoms with Gasteiger partial charge < -0.3 is 18.8 Å². The monoisotopic (exact) mass is 593 g/mol. The molecule has 0 aromatic heterocycles. The molecule has 0 saturated heterocycles. The standard InChI is InChI=1S/C14H32N4O2.2HI.V/c1-15(2)13(19)11-17(5,6)9-10-18(7,8)12-14(20)16(3)4;;;/h9-12H2,1-8H3;2*1H;/q+2;;;+2/p-2. The zero-order chi connectivity index (χ0) is 18.8. The number of amides is 2. The van der Waals surface area contributed by atoms with Gasteiger partial charge >= 0.3 is 49.4 Å². The van der Waals surface area contributed by atoms with Gasteiger partial charge in [0.2, 0.25) is 0 Å². The second-order valence-electron chi connectivity index (χ2n) is 7.28. The molecule has 6 nitrogen and oxygen atoms in total. The van der Waals surface area contributed by atoms with Gasteiger partial charge in [-0.2, -0.15) is 0 Å². The van der Waals surface area contributed by atoms with Gasteiger partial charge in [0, 0.05) is 28.2 Å². The zero-order valence-corrected chi connectivity index (χ0v) is 21.3. The molecule has 0 radical (unpaired) electrons. The normalized spacial score (nSPS) is 11.2. The number of carbonyl (C=O) groups excluding carboxylic acids is 2. The fourth-order valence-corrected chi connectivity index (χ4v) is 1.71. The van der Waals surface area contributed by atoms with Gasteiger partial charge in [-0.3, -0.25) is 9.59 Å². The van der Waals surface area contributed by atoms with Gasteiger partial charge in [-0.05, 0) is 0 Å². The van der Waals surface area contributed by atoms with Crippen LogP contribution >= 0.6 is 40.0 Å². The molecule has 0 rings (SSSR count). The van der Waals surface area contributed by atoms with Crippen molar-refractivity contribution < 1.29 is 28.0 Å². The minimum absolute atomic E-state index is 0.129. The summed E-state index contributed by atoms with van der Waals surface area (Å²) in [5.74, 6) is 0.259. The second kappa shape index (κ2) is 12.3. The average molecular weight is 593 g/mol. The summed E-state index contributed by atoms with van der Waals surface area (Å²) in [5, 5.41) is 0. The van der Waals surface area contributed by atoms with Crippen LogP contribution in [-0.4, -0.2) is 113 Å². The molecule has 0 aromatic rings. The molecule has 0 bridgehead atoms. The van der Waals surface area contributed by atoms with Crippen LogP contribution in [0.2, 0.25) is 0 Å². The van der Waals surface area contributed by atoms with E-state index in [0.29, 0.717) is 31.5 Å². The quantitative estimate of drug-likeness (QED) is 0.328.